The molecule has 0 atom stereocenters. The number of rotatable bonds is 0. The van der Waals surface area contributed by atoms with Crippen LogP contribution in [0.3, 0.4) is 0 Å². The Hall–Kier alpha value is -1.75. The van der Waals surface area contributed by atoms with E-state index in [4.69, 9.17) is 5.26 Å². The third kappa shape index (κ3) is 1.24. The molecule has 1 heterocycles. The minimum atomic E-state index is -0.0684. The SMILES string of the molecule is CN1C(=CC#N)C(C)(C)c2ccccc21. The smallest absolute Gasteiger partial charge is 0.0930 e. The maximum Gasteiger partial charge on any atom is 0.0930 e. The first kappa shape index (κ1) is 9.79. The fraction of sp³-hybridized carbons (Fsp3) is 0.308. The maximum absolute atomic E-state index is 8.80. The number of para-hydroxylation sites is 1. The standard InChI is InChI=1S/C13H14N2/c1-13(2)10-6-4-5-7-11(10)15(3)12(13)8-9-14/h4-8H,1-3H3. The molecule has 2 nitrogen and oxygen atoms in total. The zero-order valence-corrected chi connectivity index (χ0v) is 9.28. The second-order valence-corrected chi connectivity index (χ2v) is 4.36. The minimum Gasteiger partial charge on any atom is -0.346 e. The molecule has 0 saturated heterocycles. The molecule has 15 heavy (non-hydrogen) atoms. The average molecular weight is 198 g/mol. The van der Waals surface area contributed by atoms with Crippen LogP contribution in [0.25, 0.3) is 0 Å². The molecule has 1 aliphatic heterocycles. The third-order valence-corrected chi connectivity index (χ3v) is 3.14. The zero-order chi connectivity index (χ0) is 11.1. The topological polar surface area (TPSA) is 27.0 Å². The van der Waals surface area contributed by atoms with E-state index in [1.165, 1.54) is 11.3 Å². The fourth-order valence-corrected chi connectivity index (χ4v) is 2.32. The lowest BCUT2D eigenvalue weighted by atomic mass is 9.84. The fourth-order valence-electron chi connectivity index (χ4n) is 2.32. The van der Waals surface area contributed by atoms with Gasteiger partial charge in [-0.3, -0.25) is 0 Å². The quantitative estimate of drug-likeness (QED) is 0.599. The molecule has 2 heteroatoms. The molecule has 0 radical (unpaired) electrons. The largest absolute Gasteiger partial charge is 0.346 e. The lowest BCUT2D eigenvalue weighted by molar-refractivity contribution is 0.640. The van der Waals surface area contributed by atoms with Gasteiger partial charge in [0.15, 0.2) is 0 Å². The number of nitrogens with zero attached hydrogens (tertiary/aromatic N) is 2. The first-order valence-corrected chi connectivity index (χ1v) is 5.02. The number of anilines is 1. The Kier molecular flexibility index (Phi) is 2.04. The van der Waals surface area contributed by atoms with Crippen molar-refractivity contribution in [1.29, 1.82) is 5.26 Å². The normalized spacial score (nSPS) is 20.1. The molecule has 1 aliphatic rings. The van der Waals surface area contributed by atoms with Crippen molar-refractivity contribution in [2.24, 2.45) is 0 Å². The summed E-state index contributed by atoms with van der Waals surface area (Å²) in [6, 6.07) is 10.4. The Morgan fingerprint density at radius 1 is 1.33 bits per heavy atom. The van der Waals surface area contributed by atoms with Gasteiger partial charge in [0.1, 0.15) is 0 Å². The van der Waals surface area contributed by atoms with E-state index in [0.29, 0.717) is 0 Å². The predicted octanol–water partition coefficient (Wildman–Crippen LogP) is 2.82. The van der Waals surface area contributed by atoms with Gasteiger partial charge in [0.25, 0.3) is 0 Å². The molecule has 0 aliphatic carbocycles. The second-order valence-electron chi connectivity index (χ2n) is 4.36. The number of allylic oxidation sites excluding steroid dienone is 2. The van der Waals surface area contributed by atoms with Gasteiger partial charge in [-0.1, -0.05) is 32.0 Å². The van der Waals surface area contributed by atoms with Crippen molar-refractivity contribution in [3.05, 3.63) is 41.6 Å². The molecule has 0 spiro atoms. The van der Waals surface area contributed by atoms with Crippen LogP contribution < -0.4 is 4.90 Å². The summed E-state index contributed by atoms with van der Waals surface area (Å²) in [5.41, 5.74) is 3.48. The van der Waals surface area contributed by atoms with E-state index in [2.05, 4.69) is 36.9 Å². The third-order valence-electron chi connectivity index (χ3n) is 3.14. The second kappa shape index (κ2) is 3.13. The van der Waals surface area contributed by atoms with Gasteiger partial charge >= 0.3 is 0 Å². The highest BCUT2D eigenvalue weighted by atomic mass is 15.2. The van der Waals surface area contributed by atoms with Gasteiger partial charge in [0.2, 0.25) is 0 Å². The van der Waals surface area contributed by atoms with E-state index in [1.54, 1.807) is 6.08 Å². The van der Waals surface area contributed by atoms with E-state index in [0.717, 1.165) is 5.70 Å². The molecule has 76 valence electrons. The molecule has 0 N–H and O–H groups in total. The first-order valence-electron chi connectivity index (χ1n) is 5.02. The summed E-state index contributed by atoms with van der Waals surface area (Å²) in [7, 11) is 2.01. The van der Waals surface area contributed by atoms with Crippen LogP contribution in [-0.4, -0.2) is 7.05 Å². The van der Waals surface area contributed by atoms with Crippen molar-refractivity contribution in [1.82, 2.24) is 0 Å². The van der Waals surface area contributed by atoms with E-state index >= 15 is 0 Å². The molecule has 0 saturated carbocycles. The first-order chi connectivity index (χ1) is 7.09. The zero-order valence-electron chi connectivity index (χ0n) is 9.28. The van der Waals surface area contributed by atoms with E-state index in [1.807, 2.05) is 19.2 Å². The number of hydrogen-bond donors (Lipinski definition) is 0. The monoisotopic (exact) mass is 198 g/mol. The van der Waals surface area contributed by atoms with Crippen LogP contribution in [0, 0.1) is 11.3 Å². The van der Waals surface area contributed by atoms with Crippen molar-refractivity contribution < 1.29 is 0 Å². The Balaban J connectivity index is 2.66. The molecular formula is C13H14N2. The summed E-state index contributed by atoms with van der Waals surface area (Å²) >= 11 is 0. The van der Waals surface area contributed by atoms with Crippen LogP contribution in [0.1, 0.15) is 19.4 Å². The molecule has 0 unspecified atom stereocenters. The number of nitriles is 1. The van der Waals surface area contributed by atoms with Crippen LogP contribution in [0.4, 0.5) is 5.69 Å². The van der Waals surface area contributed by atoms with Crippen molar-refractivity contribution in [2.75, 3.05) is 11.9 Å². The van der Waals surface area contributed by atoms with Crippen LogP contribution in [-0.2, 0) is 5.41 Å². The number of hydrogen-bond acceptors (Lipinski definition) is 2. The summed E-state index contributed by atoms with van der Waals surface area (Å²) in [5, 5.41) is 8.80. The average Bonchev–Trinajstić information content (AvgIpc) is 2.41. The minimum absolute atomic E-state index is 0.0684. The van der Waals surface area contributed by atoms with E-state index < -0.39 is 0 Å². The van der Waals surface area contributed by atoms with Gasteiger partial charge < -0.3 is 4.90 Å². The Bertz CT molecular complexity index is 464. The van der Waals surface area contributed by atoms with Crippen molar-refractivity contribution in [3.63, 3.8) is 0 Å². The molecule has 0 amide bonds. The lowest BCUT2D eigenvalue weighted by Gasteiger charge is -2.22. The highest BCUT2D eigenvalue weighted by molar-refractivity contribution is 5.70. The van der Waals surface area contributed by atoms with Crippen molar-refractivity contribution in [3.8, 4) is 6.07 Å². The van der Waals surface area contributed by atoms with Gasteiger partial charge in [0, 0.05) is 29.9 Å². The van der Waals surface area contributed by atoms with Crippen molar-refractivity contribution >= 4 is 5.69 Å². The molecule has 2 rings (SSSR count). The molecule has 0 fully saturated rings. The Morgan fingerprint density at radius 3 is 2.60 bits per heavy atom. The molecule has 1 aromatic rings. The number of fused-ring (bicyclic) bond motifs is 1. The lowest BCUT2D eigenvalue weighted by Crippen LogP contribution is -2.22. The van der Waals surface area contributed by atoms with Gasteiger partial charge in [0.05, 0.1) is 6.07 Å². The van der Waals surface area contributed by atoms with Crippen LogP contribution >= 0.6 is 0 Å². The molecule has 0 aromatic heterocycles. The molecule has 0 bridgehead atoms. The number of benzene rings is 1. The van der Waals surface area contributed by atoms with Gasteiger partial charge in [-0.25, -0.2) is 0 Å². The molecule has 1 aromatic carbocycles. The molecular weight excluding hydrogens is 184 g/mol. The highest BCUT2D eigenvalue weighted by Crippen LogP contribution is 2.46. The Labute approximate surface area is 90.4 Å². The van der Waals surface area contributed by atoms with Gasteiger partial charge in [-0.15, -0.1) is 0 Å². The summed E-state index contributed by atoms with van der Waals surface area (Å²) in [4.78, 5) is 2.10. The summed E-state index contributed by atoms with van der Waals surface area (Å²) in [6.07, 6.45) is 1.64. The van der Waals surface area contributed by atoms with E-state index in [-0.39, 0.29) is 5.41 Å². The van der Waals surface area contributed by atoms with Crippen molar-refractivity contribution in [2.45, 2.75) is 19.3 Å². The van der Waals surface area contributed by atoms with Gasteiger partial charge in [-0.05, 0) is 11.6 Å². The van der Waals surface area contributed by atoms with Crippen LogP contribution in [0.15, 0.2) is 36.0 Å². The summed E-state index contributed by atoms with van der Waals surface area (Å²) < 4.78 is 0. The van der Waals surface area contributed by atoms with Gasteiger partial charge in [-0.2, -0.15) is 5.26 Å². The maximum atomic E-state index is 8.80. The van der Waals surface area contributed by atoms with Crippen LogP contribution in [0.5, 0.6) is 0 Å². The summed E-state index contributed by atoms with van der Waals surface area (Å²) in [5.74, 6) is 0. The predicted molar refractivity (Wildman–Crippen MR) is 61.6 cm³/mol. The number of likely N-dealkylation sites (N-methyl/N-ethyl adjacent to an activating group) is 1. The van der Waals surface area contributed by atoms with E-state index in [9.17, 15) is 0 Å². The summed E-state index contributed by atoms with van der Waals surface area (Å²) in [6.45, 7) is 4.30. The van der Waals surface area contributed by atoms with Crippen LogP contribution in [0.2, 0.25) is 0 Å². The highest BCUT2D eigenvalue weighted by Gasteiger charge is 2.37. The Morgan fingerprint density at radius 2 is 2.00 bits per heavy atom.